The number of nitrogens with zero attached hydrogens (tertiary/aromatic N) is 4. The lowest BCUT2D eigenvalue weighted by Gasteiger charge is -2.22. The summed E-state index contributed by atoms with van der Waals surface area (Å²) in [6.07, 6.45) is 0.921. The third-order valence-corrected chi connectivity index (χ3v) is 6.81. The highest BCUT2D eigenvalue weighted by atomic mass is 127. The van der Waals surface area contributed by atoms with E-state index < -0.39 is 16.2 Å². The van der Waals surface area contributed by atoms with Crippen LogP contribution in [0.5, 0.6) is 0 Å². The molecule has 1 aromatic rings. The average Bonchev–Trinajstić information content (AvgIpc) is 2.54. The predicted octanol–water partition coefficient (Wildman–Crippen LogP) is 3.65. The standard InChI is InChI=1S/C14H17I3N4O5S/c1-8(22)21(2)14-12(16)4-11(15)10(13(14)17)7-25-5-9(19-20-18)6-26-27(3,23)24/h4,9H,5-7H2,1-3H3. The Morgan fingerprint density at radius 2 is 1.96 bits per heavy atom. The van der Waals surface area contributed by atoms with Gasteiger partial charge in [-0.05, 0) is 79.4 Å². The minimum absolute atomic E-state index is 0.00436. The van der Waals surface area contributed by atoms with E-state index in [9.17, 15) is 13.2 Å². The maximum atomic E-state index is 11.7. The van der Waals surface area contributed by atoms with Crippen molar-refractivity contribution in [2.45, 2.75) is 19.6 Å². The molecule has 0 saturated carbocycles. The van der Waals surface area contributed by atoms with Crippen LogP contribution in [-0.2, 0) is 30.4 Å². The molecule has 0 fully saturated rings. The van der Waals surface area contributed by atoms with E-state index in [-0.39, 0.29) is 25.7 Å². The topological polar surface area (TPSA) is 122 Å². The van der Waals surface area contributed by atoms with Crippen LogP contribution < -0.4 is 4.90 Å². The lowest BCUT2D eigenvalue weighted by atomic mass is 10.2. The van der Waals surface area contributed by atoms with Crippen molar-refractivity contribution >= 4 is 89.5 Å². The van der Waals surface area contributed by atoms with Gasteiger partial charge in [-0.25, -0.2) is 0 Å². The number of amides is 1. The van der Waals surface area contributed by atoms with Crippen LogP contribution in [0.3, 0.4) is 0 Å². The summed E-state index contributed by atoms with van der Waals surface area (Å²) < 4.78 is 35.3. The minimum Gasteiger partial charge on any atom is -0.376 e. The van der Waals surface area contributed by atoms with Crippen molar-refractivity contribution in [3.8, 4) is 0 Å². The number of halogens is 3. The van der Waals surface area contributed by atoms with E-state index in [0.717, 1.165) is 28.2 Å². The Hall–Kier alpha value is 0.0600. The van der Waals surface area contributed by atoms with Gasteiger partial charge in [0.05, 0.1) is 37.8 Å². The molecule has 0 spiro atoms. The van der Waals surface area contributed by atoms with Gasteiger partial charge in [0.15, 0.2) is 0 Å². The molecule has 0 radical (unpaired) electrons. The lowest BCUT2D eigenvalue weighted by molar-refractivity contribution is -0.116. The zero-order valence-corrected chi connectivity index (χ0v) is 21.9. The van der Waals surface area contributed by atoms with E-state index in [2.05, 4.69) is 82.0 Å². The summed E-state index contributed by atoms with van der Waals surface area (Å²) in [5.41, 5.74) is 10.3. The molecule has 1 amide bonds. The molecule has 1 rings (SSSR count). The van der Waals surface area contributed by atoms with Gasteiger partial charge < -0.3 is 9.64 Å². The van der Waals surface area contributed by atoms with Crippen LogP contribution in [0.1, 0.15) is 12.5 Å². The van der Waals surface area contributed by atoms with Crippen molar-refractivity contribution in [2.24, 2.45) is 5.11 Å². The minimum atomic E-state index is -3.64. The van der Waals surface area contributed by atoms with Crippen LogP contribution in [0.4, 0.5) is 5.69 Å². The highest BCUT2D eigenvalue weighted by molar-refractivity contribution is 14.1. The SMILES string of the molecule is CC(=O)N(C)c1c(I)cc(I)c(COCC(COS(C)(=O)=O)N=[N+]=[N-])c1I. The van der Waals surface area contributed by atoms with E-state index in [4.69, 9.17) is 10.3 Å². The number of benzene rings is 1. The quantitative estimate of drug-likeness (QED) is 0.126. The number of anilines is 1. The van der Waals surface area contributed by atoms with Crippen LogP contribution in [-0.4, -0.2) is 46.9 Å². The van der Waals surface area contributed by atoms with Gasteiger partial charge in [-0.15, -0.1) is 0 Å². The fourth-order valence-corrected chi connectivity index (χ4v) is 6.71. The third kappa shape index (κ3) is 8.14. The summed E-state index contributed by atoms with van der Waals surface area (Å²) in [6.45, 7) is 1.41. The zero-order valence-electron chi connectivity index (χ0n) is 14.6. The molecule has 0 aromatic heterocycles. The fraction of sp³-hybridized carbons (Fsp3) is 0.500. The Bertz CT molecular complexity index is 859. The van der Waals surface area contributed by atoms with Crippen molar-refractivity contribution in [3.63, 3.8) is 0 Å². The molecule has 1 unspecified atom stereocenters. The normalized spacial score (nSPS) is 12.4. The number of ether oxygens (including phenoxy) is 1. The molecule has 0 bridgehead atoms. The lowest BCUT2D eigenvalue weighted by Crippen LogP contribution is -2.26. The van der Waals surface area contributed by atoms with Gasteiger partial charge in [0.25, 0.3) is 10.1 Å². The molecular weight excluding hydrogens is 717 g/mol. The van der Waals surface area contributed by atoms with Crippen LogP contribution in [0.15, 0.2) is 11.2 Å². The van der Waals surface area contributed by atoms with Crippen molar-refractivity contribution in [2.75, 3.05) is 31.4 Å². The molecule has 0 aliphatic carbocycles. The highest BCUT2D eigenvalue weighted by Gasteiger charge is 2.20. The molecule has 0 saturated heterocycles. The van der Waals surface area contributed by atoms with E-state index in [1.807, 2.05) is 6.07 Å². The van der Waals surface area contributed by atoms with Crippen LogP contribution in [0, 0.1) is 10.7 Å². The van der Waals surface area contributed by atoms with E-state index >= 15 is 0 Å². The largest absolute Gasteiger partial charge is 0.376 e. The number of hydrogen-bond donors (Lipinski definition) is 0. The second-order valence-corrected chi connectivity index (χ2v) is 10.5. The molecule has 1 aromatic carbocycles. The summed E-state index contributed by atoms with van der Waals surface area (Å²) in [6, 6.07) is 1.18. The van der Waals surface area contributed by atoms with Crippen molar-refractivity contribution < 1.29 is 22.1 Å². The fourth-order valence-electron chi connectivity index (χ4n) is 1.90. The van der Waals surface area contributed by atoms with Gasteiger partial charge >= 0.3 is 0 Å². The van der Waals surface area contributed by atoms with Gasteiger partial charge in [0, 0.05) is 35.2 Å². The first kappa shape index (κ1) is 25.1. The van der Waals surface area contributed by atoms with E-state index in [0.29, 0.717) is 0 Å². The zero-order chi connectivity index (χ0) is 20.8. The van der Waals surface area contributed by atoms with Crippen LogP contribution in [0.2, 0.25) is 0 Å². The van der Waals surface area contributed by atoms with E-state index in [1.165, 1.54) is 6.92 Å². The molecule has 0 aliphatic rings. The third-order valence-electron chi connectivity index (χ3n) is 3.29. The monoisotopic (exact) mass is 734 g/mol. The van der Waals surface area contributed by atoms with Crippen LogP contribution >= 0.6 is 67.8 Å². The number of rotatable bonds is 9. The number of carbonyl (C=O) groups is 1. The molecule has 0 heterocycles. The van der Waals surface area contributed by atoms with Gasteiger partial charge in [-0.2, -0.15) is 8.42 Å². The maximum Gasteiger partial charge on any atom is 0.264 e. The summed E-state index contributed by atoms with van der Waals surface area (Å²) in [4.78, 5) is 16.0. The van der Waals surface area contributed by atoms with Gasteiger partial charge in [0.1, 0.15) is 0 Å². The molecule has 1 atom stereocenters. The Morgan fingerprint density at radius 1 is 1.33 bits per heavy atom. The molecule has 13 heteroatoms. The second-order valence-electron chi connectivity index (χ2n) is 5.42. The number of azide groups is 1. The van der Waals surface area contributed by atoms with Crippen molar-refractivity contribution in [1.82, 2.24) is 0 Å². The second kappa shape index (κ2) is 11.3. The van der Waals surface area contributed by atoms with E-state index in [1.54, 1.807) is 11.9 Å². The summed E-state index contributed by atoms with van der Waals surface area (Å²) >= 11 is 6.54. The number of hydrogen-bond acceptors (Lipinski definition) is 6. The smallest absolute Gasteiger partial charge is 0.264 e. The molecule has 27 heavy (non-hydrogen) atoms. The number of carbonyl (C=O) groups excluding carboxylic acids is 1. The molecular formula is C14H17I3N4O5S. The molecule has 0 aliphatic heterocycles. The molecule has 0 N–H and O–H groups in total. The molecule has 150 valence electrons. The molecule has 9 nitrogen and oxygen atoms in total. The first-order chi connectivity index (χ1) is 12.5. The predicted molar refractivity (Wildman–Crippen MR) is 127 cm³/mol. The Labute approximate surface area is 198 Å². The Morgan fingerprint density at radius 3 is 2.48 bits per heavy atom. The average molecular weight is 734 g/mol. The Kier molecular flexibility index (Phi) is 10.5. The van der Waals surface area contributed by atoms with Gasteiger partial charge in [-0.3, -0.25) is 8.98 Å². The van der Waals surface area contributed by atoms with Crippen molar-refractivity contribution in [1.29, 1.82) is 0 Å². The Balaban J connectivity index is 2.94. The highest BCUT2D eigenvalue weighted by Crippen LogP contribution is 2.34. The first-order valence-electron chi connectivity index (χ1n) is 7.35. The van der Waals surface area contributed by atoms with Crippen molar-refractivity contribution in [3.05, 3.63) is 32.8 Å². The van der Waals surface area contributed by atoms with Gasteiger partial charge in [-0.1, -0.05) is 5.11 Å². The summed E-state index contributed by atoms with van der Waals surface area (Å²) in [5.74, 6) is -0.0831. The summed E-state index contributed by atoms with van der Waals surface area (Å²) in [7, 11) is -1.93. The maximum absolute atomic E-state index is 11.7. The first-order valence-corrected chi connectivity index (χ1v) is 12.4. The van der Waals surface area contributed by atoms with Gasteiger partial charge in [0.2, 0.25) is 5.91 Å². The summed E-state index contributed by atoms with van der Waals surface area (Å²) in [5, 5.41) is 3.49. The van der Waals surface area contributed by atoms with Crippen LogP contribution in [0.25, 0.3) is 10.4 Å².